The summed E-state index contributed by atoms with van der Waals surface area (Å²) in [6.45, 7) is 9.48. The van der Waals surface area contributed by atoms with Gasteiger partial charge in [-0.1, -0.05) is 36.6 Å². The van der Waals surface area contributed by atoms with Crippen LogP contribution >= 0.6 is 11.8 Å². The zero-order chi connectivity index (χ0) is 21.3. The summed E-state index contributed by atoms with van der Waals surface area (Å²) in [5.74, 6) is 2.89. The number of nitrogens with zero attached hydrogens (tertiary/aromatic N) is 2. The first-order valence-electron chi connectivity index (χ1n) is 9.98. The molecule has 2 aliphatic rings. The molecular formula is C22H29N3O3S2. The second-order valence-corrected chi connectivity index (χ2v) is 9.54. The molecular weight excluding hydrogens is 418 g/mol. The van der Waals surface area contributed by atoms with E-state index in [9.17, 15) is 4.21 Å². The van der Waals surface area contributed by atoms with Crippen molar-refractivity contribution < 1.29 is 13.7 Å². The van der Waals surface area contributed by atoms with Gasteiger partial charge in [0, 0.05) is 64.2 Å². The van der Waals surface area contributed by atoms with Gasteiger partial charge in [-0.3, -0.25) is 14.1 Å². The van der Waals surface area contributed by atoms with E-state index in [1.54, 1.807) is 18.9 Å². The summed E-state index contributed by atoms with van der Waals surface area (Å²) in [6, 6.07) is 3.96. The Morgan fingerprint density at radius 3 is 2.87 bits per heavy atom. The molecule has 6 nitrogen and oxygen atoms in total. The lowest BCUT2D eigenvalue weighted by Gasteiger charge is -2.26. The van der Waals surface area contributed by atoms with Crippen LogP contribution < -0.4 is 14.8 Å². The molecule has 0 spiro atoms. The van der Waals surface area contributed by atoms with Gasteiger partial charge in [0.2, 0.25) is 0 Å². The van der Waals surface area contributed by atoms with Gasteiger partial charge >= 0.3 is 0 Å². The first-order valence-corrected chi connectivity index (χ1v) is 12.3. The lowest BCUT2D eigenvalue weighted by atomic mass is 10.1. The Bertz CT molecular complexity index is 871. The molecule has 1 N–H and O–H groups in total. The molecule has 1 fully saturated rings. The molecule has 0 saturated carbocycles. The smallest absolute Gasteiger partial charge is 0.162 e. The van der Waals surface area contributed by atoms with Crippen LogP contribution in [0.2, 0.25) is 0 Å². The van der Waals surface area contributed by atoms with Crippen LogP contribution in [0.25, 0.3) is 0 Å². The first-order chi connectivity index (χ1) is 14.6. The summed E-state index contributed by atoms with van der Waals surface area (Å²) in [5, 5.41) is 4.23. The van der Waals surface area contributed by atoms with Crippen LogP contribution in [0.5, 0.6) is 11.5 Å². The van der Waals surface area contributed by atoms with Gasteiger partial charge in [0.25, 0.3) is 0 Å². The van der Waals surface area contributed by atoms with Gasteiger partial charge < -0.3 is 14.8 Å². The lowest BCUT2D eigenvalue weighted by molar-refractivity contribution is 0.215. The van der Waals surface area contributed by atoms with Crippen LogP contribution in [0.3, 0.4) is 0 Å². The third kappa shape index (κ3) is 6.00. The van der Waals surface area contributed by atoms with Crippen LogP contribution in [0.1, 0.15) is 12.5 Å². The average molecular weight is 448 g/mol. The summed E-state index contributed by atoms with van der Waals surface area (Å²) in [6.07, 6.45) is 7.83. The van der Waals surface area contributed by atoms with Gasteiger partial charge in [-0.25, -0.2) is 0 Å². The summed E-state index contributed by atoms with van der Waals surface area (Å²) in [7, 11) is 0.987. The largest absolute Gasteiger partial charge is 0.493 e. The van der Waals surface area contributed by atoms with Gasteiger partial charge in [-0.15, -0.1) is 0 Å². The zero-order valence-electron chi connectivity index (χ0n) is 17.6. The fourth-order valence-corrected chi connectivity index (χ4v) is 5.14. The number of thioether (sulfide) groups is 1. The number of nitrogens with one attached hydrogen (secondary N) is 1. The molecule has 0 bridgehead atoms. The third-order valence-electron chi connectivity index (χ3n) is 4.83. The van der Waals surface area contributed by atoms with Crippen molar-refractivity contribution in [2.24, 2.45) is 4.99 Å². The third-order valence-corrected chi connectivity index (χ3v) is 7.19. The van der Waals surface area contributed by atoms with E-state index in [1.165, 1.54) is 0 Å². The van der Waals surface area contributed by atoms with Crippen molar-refractivity contribution in [3.63, 3.8) is 0 Å². The van der Waals surface area contributed by atoms with Crippen molar-refractivity contribution in [2.75, 3.05) is 56.8 Å². The van der Waals surface area contributed by atoms with E-state index < -0.39 is 10.8 Å². The molecule has 2 aliphatic heterocycles. The minimum Gasteiger partial charge on any atom is -0.493 e. The highest BCUT2D eigenvalue weighted by Crippen LogP contribution is 2.38. The Hall–Kier alpha value is -2.03. The van der Waals surface area contributed by atoms with E-state index in [4.69, 9.17) is 9.47 Å². The van der Waals surface area contributed by atoms with Crippen LogP contribution in [-0.2, 0) is 10.8 Å². The van der Waals surface area contributed by atoms with Crippen LogP contribution in [-0.4, -0.2) is 65.7 Å². The number of hydrogen-bond donors (Lipinski definition) is 1. The monoisotopic (exact) mass is 447 g/mol. The van der Waals surface area contributed by atoms with Crippen molar-refractivity contribution >= 4 is 33.3 Å². The standard InChI is InChI=1S/C22H29N3O3S2/c1-4-6-7-17(5-2)29-22-18-14-21(20(27-3)15-19(18)23-16-24-22)28-11-8-25-9-12-30(26)13-10-25/h4-7,14-15,23H,2,8-13,16H2,1,3H3/b6-4-,17-7+. The minimum atomic E-state index is -0.662. The molecule has 0 atom stereocenters. The topological polar surface area (TPSA) is 63.2 Å². The van der Waals surface area contributed by atoms with Crippen LogP contribution in [0.4, 0.5) is 5.69 Å². The highest BCUT2D eigenvalue weighted by atomic mass is 32.2. The fourth-order valence-electron chi connectivity index (χ4n) is 3.15. The molecule has 0 amide bonds. The lowest BCUT2D eigenvalue weighted by Crippen LogP contribution is -2.39. The second kappa shape index (κ2) is 11.4. The summed E-state index contributed by atoms with van der Waals surface area (Å²) in [4.78, 5) is 7.97. The molecule has 30 heavy (non-hydrogen) atoms. The Balaban J connectivity index is 1.73. The summed E-state index contributed by atoms with van der Waals surface area (Å²) >= 11 is 1.59. The molecule has 0 radical (unpaired) electrons. The Morgan fingerprint density at radius 1 is 1.37 bits per heavy atom. The van der Waals surface area contributed by atoms with Gasteiger partial charge in [0.1, 0.15) is 18.3 Å². The van der Waals surface area contributed by atoms with Crippen molar-refractivity contribution in [3.05, 3.63) is 53.5 Å². The molecule has 0 aliphatic carbocycles. The first kappa shape index (κ1) is 22.7. The summed E-state index contributed by atoms with van der Waals surface area (Å²) < 4.78 is 23.2. The average Bonchev–Trinajstić information content (AvgIpc) is 2.77. The predicted octanol–water partition coefficient (Wildman–Crippen LogP) is 3.65. The van der Waals surface area contributed by atoms with Crippen molar-refractivity contribution in [1.29, 1.82) is 0 Å². The molecule has 162 valence electrons. The van der Waals surface area contributed by atoms with Gasteiger partial charge in [0.15, 0.2) is 11.5 Å². The van der Waals surface area contributed by atoms with Gasteiger partial charge in [-0.2, -0.15) is 0 Å². The molecule has 2 heterocycles. The number of benzene rings is 1. The Kier molecular flexibility index (Phi) is 8.60. The Morgan fingerprint density at radius 2 is 2.17 bits per heavy atom. The minimum absolute atomic E-state index is 0.517. The van der Waals surface area contributed by atoms with Crippen molar-refractivity contribution in [3.8, 4) is 11.5 Å². The molecule has 3 rings (SSSR count). The molecule has 0 aromatic heterocycles. The fraction of sp³-hybridized carbons (Fsp3) is 0.409. The highest BCUT2D eigenvalue weighted by molar-refractivity contribution is 8.17. The number of rotatable bonds is 8. The number of allylic oxidation sites excluding steroid dienone is 4. The highest BCUT2D eigenvalue weighted by Gasteiger charge is 2.20. The van der Waals surface area contributed by atoms with E-state index >= 15 is 0 Å². The van der Waals surface area contributed by atoms with E-state index in [2.05, 4.69) is 21.8 Å². The molecule has 8 heteroatoms. The second-order valence-electron chi connectivity index (χ2n) is 6.79. The predicted molar refractivity (Wildman–Crippen MR) is 129 cm³/mol. The number of fused-ring (bicyclic) bond motifs is 1. The number of aliphatic imine (C=N–C) groups is 1. The van der Waals surface area contributed by atoms with E-state index in [0.717, 1.165) is 52.3 Å². The maximum Gasteiger partial charge on any atom is 0.162 e. The van der Waals surface area contributed by atoms with E-state index in [0.29, 0.717) is 24.8 Å². The van der Waals surface area contributed by atoms with Crippen LogP contribution in [0, 0.1) is 0 Å². The van der Waals surface area contributed by atoms with Gasteiger partial charge in [0.05, 0.1) is 7.11 Å². The Labute approximate surface area is 185 Å². The normalized spacial score (nSPS) is 17.9. The molecule has 1 aromatic carbocycles. The maximum atomic E-state index is 11.5. The SMILES string of the molecule is C=C/C(=C\C=C/C)SC1=NCNc2cc(OC)c(OCCN3CCS(=O)CC3)cc21. The molecule has 1 saturated heterocycles. The summed E-state index contributed by atoms with van der Waals surface area (Å²) in [5.41, 5.74) is 1.97. The van der Waals surface area contributed by atoms with Crippen molar-refractivity contribution in [1.82, 2.24) is 4.90 Å². The van der Waals surface area contributed by atoms with Gasteiger partial charge in [-0.05, 0) is 19.1 Å². The number of hydrogen-bond acceptors (Lipinski definition) is 7. The van der Waals surface area contributed by atoms with E-state index in [-0.39, 0.29) is 0 Å². The van der Waals surface area contributed by atoms with Crippen molar-refractivity contribution in [2.45, 2.75) is 6.92 Å². The van der Waals surface area contributed by atoms with E-state index in [1.807, 2.05) is 43.4 Å². The maximum absolute atomic E-state index is 11.5. The van der Waals surface area contributed by atoms with Crippen LogP contribution in [0.15, 0.2) is 52.9 Å². The quantitative estimate of drug-likeness (QED) is 0.614. The number of anilines is 1. The number of methoxy groups -OCH3 is 1. The molecule has 0 unspecified atom stereocenters. The molecule has 1 aromatic rings. The number of ether oxygens (including phenoxy) is 2. The zero-order valence-corrected chi connectivity index (χ0v) is 19.2.